The van der Waals surface area contributed by atoms with Crippen LogP contribution in [0.3, 0.4) is 0 Å². The van der Waals surface area contributed by atoms with E-state index in [1.165, 1.54) is 0 Å². The Morgan fingerprint density at radius 3 is 2.08 bits per heavy atom. The Labute approximate surface area is 140 Å². The van der Waals surface area contributed by atoms with Crippen LogP contribution >= 0.6 is 0 Å². The monoisotopic (exact) mass is 325 g/mol. The number of carbonyl (C=O) groups is 3. The van der Waals surface area contributed by atoms with Gasteiger partial charge in [-0.1, -0.05) is 18.2 Å². The molecule has 0 fully saturated rings. The molecule has 0 atom stereocenters. The van der Waals surface area contributed by atoms with Crippen LogP contribution in [0, 0.1) is 0 Å². The minimum Gasteiger partial charge on any atom is -0.355 e. The molecule has 0 heterocycles. The molecule has 3 N–H and O–H groups in total. The number of benzene rings is 2. The minimum absolute atomic E-state index is 0.162. The molecule has 0 bridgehead atoms. The number of hydrogen-bond donors (Lipinski definition) is 3. The molecular formula is C18H19N3O3. The van der Waals surface area contributed by atoms with Gasteiger partial charge in [-0.2, -0.15) is 0 Å². The van der Waals surface area contributed by atoms with Crippen molar-refractivity contribution in [3.8, 4) is 0 Å². The zero-order chi connectivity index (χ0) is 17.4. The number of amides is 3. The third-order valence-electron chi connectivity index (χ3n) is 3.33. The fourth-order valence-corrected chi connectivity index (χ4v) is 2.05. The summed E-state index contributed by atoms with van der Waals surface area (Å²) in [6.45, 7) is 0.246. The van der Waals surface area contributed by atoms with E-state index in [0.29, 0.717) is 16.8 Å². The standard InChI is InChI=1S/C18H19N3O3/c1-19-17(23)14-7-9-15(10-8-14)21-16(22)11-12-20-18(24)13-5-3-2-4-6-13/h2-10H,11-12H2,1H3,(H,19,23)(H,20,24)(H,21,22). The highest BCUT2D eigenvalue weighted by Crippen LogP contribution is 2.09. The molecule has 6 nitrogen and oxygen atoms in total. The Kier molecular flexibility index (Phi) is 6.08. The van der Waals surface area contributed by atoms with Gasteiger partial charge in [0.1, 0.15) is 0 Å². The first-order valence-electron chi connectivity index (χ1n) is 7.55. The topological polar surface area (TPSA) is 87.3 Å². The second kappa shape index (κ2) is 8.47. The van der Waals surface area contributed by atoms with Crippen molar-refractivity contribution in [3.05, 3.63) is 65.7 Å². The molecule has 0 aliphatic rings. The largest absolute Gasteiger partial charge is 0.355 e. The number of carbonyl (C=O) groups excluding carboxylic acids is 3. The van der Waals surface area contributed by atoms with Crippen LogP contribution in [0.1, 0.15) is 27.1 Å². The molecule has 124 valence electrons. The number of nitrogens with one attached hydrogen (secondary N) is 3. The van der Waals surface area contributed by atoms with Gasteiger partial charge in [0, 0.05) is 36.8 Å². The zero-order valence-corrected chi connectivity index (χ0v) is 13.3. The molecule has 0 radical (unpaired) electrons. The molecule has 0 spiro atoms. The molecular weight excluding hydrogens is 306 g/mol. The molecule has 0 aliphatic carbocycles. The summed E-state index contributed by atoms with van der Waals surface area (Å²) in [5.74, 6) is -0.606. The summed E-state index contributed by atoms with van der Waals surface area (Å²) in [5, 5.41) is 7.94. The van der Waals surface area contributed by atoms with Crippen molar-refractivity contribution < 1.29 is 14.4 Å². The van der Waals surface area contributed by atoms with Crippen molar-refractivity contribution in [2.24, 2.45) is 0 Å². The van der Waals surface area contributed by atoms with Crippen molar-refractivity contribution in [1.29, 1.82) is 0 Å². The molecule has 2 aromatic carbocycles. The lowest BCUT2D eigenvalue weighted by atomic mass is 10.2. The first kappa shape index (κ1) is 17.2. The highest BCUT2D eigenvalue weighted by Gasteiger charge is 2.07. The molecule has 3 amide bonds. The number of rotatable bonds is 6. The van der Waals surface area contributed by atoms with Gasteiger partial charge >= 0.3 is 0 Å². The van der Waals surface area contributed by atoms with Crippen LogP contribution in [0.5, 0.6) is 0 Å². The van der Waals surface area contributed by atoms with Gasteiger partial charge in [-0.3, -0.25) is 14.4 Å². The SMILES string of the molecule is CNC(=O)c1ccc(NC(=O)CCNC(=O)c2ccccc2)cc1. The molecule has 2 rings (SSSR count). The average Bonchev–Trinajstić information content (AvgIpc) is 2.62. The van der Waals surface area contributed by atoms with Crippen molar-refractivity contribution >= 4 is 23.4 Å². The van der Waals surface area contributed by atoms with E-state index in [-0.39, 0.29) is 30.7 Å². The Hall–Kier alpha value is -3.15. The van der Waals surface area contributed by atoms with E-state index in [1.54, 1.807) is 55.6 Å². The summed E-state index contributed by atoms with van der Waals surface area (Å²) in [6, 6.07) is 15.4. The maximum Gasteiger partial charge on any atom is 0.251 e. The van der Waals surface area contributed by atoms with Crippen LogP contribution in [-0.2, 0) is 4.79 Å². The van der Waals surface area contributed by atoms with Crippen LogP contribution in [-0.4, -0.2) is 31.3 Å². The maximum absolute atomic E-state index is 11.9. The molecule has 0 aliphatic heterocycles. The van der Waals surface area contributed by atoms with Gasteiger partial charge in [-0.25, -0.2) is 0 Å². The quantitative estimate of drug-likeness (QED) is 0.757. The highest BCUT2D eigenvalue weighted by atomic mass is 16.2. The Morgan fingerprint density at radius 2 is 1.46 bits per heavy atom. The van der Waals surface area contributed by atoms with E-state index in [2.05, 4.69) is 16.0 Å². The lowest BCUT2D eigenvalue weighted by Gasteiger charge is -2.07. The normalized spacial score (nSPS) is 9.88. The van der Waals surface area contributed by atoms with Crippen LogP contribution in [0.15, 0.2) is 54.6 Å². The van der Waals surface area contributed by atoms with Crippen LogP contribution in [0.25, 0.3) is 0 Å². The lowest BCUT2D eigenvalue weighted by molar-refractivity contribution is -0.116. The molecule has 0 aromatic heterocycles. The Balaban J connectivity index is 1.77. The molecule has 6 heteroatoms. The second-order valence-corrected chi connectivity index (χ2v) is 5.08. The van der Waals surface area contributed by atoms with E-state index >= 15 is 0 Å². The van der Waals surface area contributed by atoms with Gasteiger partial charge in [0.2, 0.25) is 5.91 Å². The Morgan fingerprint density at radius 1 is 0.833 bits per heavy atom. The van der Waals surface area contributed by atoms with E-state index in [1.807, 2.05) is 6.07 Å². The summed E-state index contributed by atoms with van der Waals surface area (Å²) < 4.78 is 0. The summed E-state index contributed by atoms with van der Waals surface area (Å²) in [7, 11) is 1.56. The third kappa shape index (κ3) is 4.95. The van der Waals surface area contributed by atoms with Gasteiger partial charge in [0.15, 0.2) is 0 Å². The zero-order valence-electron chi connectivity index (χ0n) is 13.3. The van der Waals surface area contributed by atoms with E-state index in [0.717, 1.165) is 0 Å². The second-order valence-electron chi connectivity index (χ2n) is 5.08. The number of hydrogen-bond acceptors (Lipinski definition) is 3. The lowest BCUT2D eigenvalue weighted by Crippen LogP contribution is -2.27. The molecule has 24 heavy (non-hydrogen) atoms. The predicted molar refractivity (Wildman–Crippen MR) is 91.9 cm³/mol. The van der Waals surface area contributed by atoms with Crippen LogP contribution in [0.4, 0.5) is 5.69 Å². The van der Waals surface area contributed by atoms with Crippen LogP contribution < -0.4 is 16.0 Å². The highest BCUT2D eigenvalue weighted by molar-refractivity contribution is 5.96. The average molecular weight is 325 g/mol. The van der Waals surface area contributed by atoms with Crippen LogP contribution in [0.2, 0.25) is 0 Å². The predicted octanol–water partition coefficient (Wildman–Crippen LogP) is 1.80. The van der Waals surface area contributed by atoms with Gasteiger partial charge in [0.05, 0.1) is 0 Å². The maximum atomic E-state index is 11.9. The van der Waals surface area contributed by atoms with Crippen molar-refractivity contribution in [2.45, 2.75) is 6.42 Å². The Bertz CT molecular complexity index is 712. The molecule has 2 aromatic rings. The summed E-state index contributed by atoms with van der Waals surface area (Å²) in [5.41, 5.74) is 1.68. The number of anilines is 1. The van der Waals surface area contributed by atoms with Crippen molar-refractivity contribution in [1.82, 2.24) is 10.6 Å². The van der Waals surface area contributed by atoms with E-state index < -0.39 is 0 Å². The molecule has 0 unspecified atom stereocenters. The minimum atomic E-state index is -0.212. The van der Waals surface area contributed by atoms with Gasteiger partial charge in [-0.15, -0.1) is 0 Å². The van der Waals surface area contributed by atoms with Gasteiger partial charge in [0.25, 0.3) is 11.8 Å². The first-order chi connectivity index (χ1) is 11.6. The summed E-state index contributed by atoms with van der Waals surface area (Å²) in [6.07, 6.45) is 0.162. The molecule has 0 saturated carbocycles. The third-order valence-corrected chi connectivity index (χ3v) is 3.33. The van der Waals surface area contributed by atoms with E-state index in [9.17, 15) is 14.4 Å². The first-order valence-corrected chi connectivity index (χ1v) is 7.55. The fourth-order valence-electron chi connectivity index (χ4n) is 2.05. The van der Waals surface area contributed by atoms with Crippen molar-refractivity contribution in [2.75, 3.05) is 18.9 Å². The summed E-state index contributed by atoms with van der Waals surface area (Å²) in [4.78, 5) is 35.1. The fraction of sp³-hybridized carbons (Fsp3) is 0.167. The van der Waals surface area contributed by atoms with Gasteiger partial charge < -0.3 is 16.0 Å². The van der Waals surface area contributed by atoms with Crippen molar-refractivity contribution in [3.63, 3.8) is 0 Å². The van der Waals surface area contributed by atoms with Gasteiger partial charge in [-0.05, 0) is 36.4 Å². The van der Waals surface area contributed by atoms with E-state index in [4.69, 9.17) is 0 Å². The smallest absolute Gasteiger partial charge is 0.251 e. The summed E-state index contributed by atoms with van der Waals surface area (Å²) >= 11 is 0. The molecule has 0 saturated heterocycles.